The van der Waals surface area contributed by atoms with Crippen LogP contribution in [0.3, 0.4) is 0 Å². The van der Waals surface area contributed by atoms with Crippen LogP contribution in [0.2, 0.25) is 0 Å². The summed E-state index contributed by atoms with van der Waals surface area (Å²) in [7, 11) is 0. The Labute approximate surface area is 133 Å². The van der Waals surface area contributed by atoms with Crippen LogP contribution in [-0.4, -0.2) is 60.0 Å². The molecule has 1 fully saturated rings. The number of thioether (sulfide) groups is 1. The fourth-order valence-corrected chi connectivity index (χ4v) is 3.08. The van der Waals surface area contributed by atoms with E-state index in [1.54, 1.807) is 0 Å². The zero-order chi connectivity index (χ0) is 15.2. The van der Waals surface area contributed by atoms with Crippen molar-refractivity contribution in [1.82, 2.24) is 10.2 Å². The van der Waals surface area contributed by atoms with Gasteiger partial charge in [0.15, 0.2) is 0 Å². The third kappa shape index (κ3) is 4.30. The lowest BCUT2D eigenvalue weighted by Crippen LogP contribution is -3.15. The number of nitrogens with one attached hydrogen (secondary N) is 1. The van der Waals surface area contributed by atoms with Gasteiger partial charge in [-0.25, -0.2) is 0 Å². The number of benzene rings is 1. The van der Waals surface area contributed by atoms with E-state index in [-0.39, 0.29) is 6.10 Å². The average Bonchev–Trinajstić information content (AvgIpc) is 3.04. The standard InChI is InChI=1S/C15H19N3O3S/c19-13(10-18-6-8-20-9-7-18)11-22-15-17-16-14(21-15)12-4-2-1-3-5-12/h1-5,13,19H,6-11H2/p+1/t13-/m1/s1. The summed E-state index contributed by atoms with van der Waals surface area (Å²) in [4.78, 5) is 1.38. The minimum Gasteiger partial charge on any atom is -0.411 e. The van der Waals surface area contributed by atoms with Crippen LogP contribution in [0.15, 0.2) is 40.0 Å². The van der Waals surface area contributed by atoms with Gasteiger partial charge in [0.2, 0.25) is 5.89 Å². The number of nitrogens with zero attached hydrogens (tertiary/aromatic N) is 2. The Kier molecular flexibility index (Phi) is 5.44. The van der Waals surface area contributed by atoms with Gasteiger partial charge >= 0.3 is 0 Å². The van der Waals surface area contributed by atoms with E-state index in [1.165, 1.54) is 16.7 Å². The average molecular weight is 322 g/mol. The van der Waals surface area contributed by atoms with Gasteiger partial charge in [-0.3, -0.25) is 0 Å². The molecule has 0 saturated carbocycles. The number of aromatic nitrogens is 2. The molecule has 0 radical (unpaired) electrons. The van der Waals surface area contributed by atoms with Gasteiger partial charge in [-0.05, 0) is 12.1 Å². The minimum atomic E-state index is -0.384. The number of morpholine rings is 1. The Balaban J connectivity index is 1.48. The molecule has 2 aromatic rings. The van der Waals surface area contributed by atoms with E-state index in [4.69, 9.17) is 9.15 Å². The Bertz CT molecular complexity index is 572. The number of aliphatic hydroxyl groups excluding tert-OH is 1. The van der Waals surface area contributed by atoms with Crippen molar-refractivity contribution in [1.29, 1.82) is 0 Å². The second-order valence-corrected chi connectivity index (χ2v) is 6.24. The van der Waals surface area contributed by atoms with Gasteiger partial charge in [0.1, 0.15) is 25.7 Å². The SMILES string of the molecule is O[C@@H](CSc1nnc(-c2ccccc2)o1)C[NH+]1CCOCC1. The monoisotopic (exact) mass is 322 g/mol. The zero-order valence-electron chi connectivity index (χ0n) is 12.3. The fraction of sp³-hybridized carbons (Fsp3) is 0.467. The van der Waals surface area contributed by atoms with E-state index in [0.717, 1.165) is 38.4 Å². The number of ether oxygens (including phenoxy) is 1. The van der Waals surface area contributed by atoms with E-state index in [2.05, 4.69) is 10.2 Å². The van der Waals surface area contributed by atoms with Gasteiger partial charge < -0.3 is 19.2 Å². The van der Waals surface area contributed by atoms with Crippen LogP contribution in [0.1, 0.15) is 0 Å². The van der Waals surface area contributed by atoms with Crippen LogP contribution in [0.25, 0.3) is 11.5 Å². The van der Waals surface area contributed by atoms with Gasteiger partial charge in [0.05, 0.1) is 13.2 Å². The lowest BCUT2D eigenvalue weighted by Gasteiger charge is -2.25. The highest BCUT2D eigenvalue weighted by Crippen LogP contribution is 2.23. The number of rotatable bonds is 6. The van der Waals surface area contributed by atoms with Gasteiger partial charge in [-0.2, -0.15) is 0 Å². The summed E-state index contributed by atoms with van der Waals surface area (Å²) in [6, 6.07) is 9.67. The van der Waals surface area contributed by atoms with Crippen molar-refractivity contribution in [3.63, 3.8) is 0 Å². The van der Waals surface area contributed by atoms with Gasteiger partial charge in [-0.1, -0.05) is 30.0 Å². The molecule has 1 atom stereocenters. The molecule has 0 spiro atoms. The predicted octanol–water partition coefficient (Wildman–Crippen LogP) is 0.105. The Hall–Kier alpha value is -1.41. The first-order valence-electron chi connectivity index (χ1n) is 7.42. The second-order valence-electron chi connectivity index (χ2n) is 5.27. The lowest BCUT2D eigenvalue weighted by molar-refractivity contribution is -0.910. The van der Waals surface area contributed by atoms with Crippen LogP contribution < -0.4 is 4.90 Å². The van der Waals surface area contributed by atoms with E-state index < -0.39 is 0 Å². The first-order chi connectivity index (χ1) is 10.8. The first kappa shape index (κ1) is 15.5. The zero-order valence-corrected chi connectivity index (χ0v) is 13.1. The van der Waals surface area contributed by atoms with Crippen molar-refractivity contribution >= 4 is 11.8 Å². The van der Waals surface area contributed by atoms with Crippen LogP contribution >= 0.6 is 11.8 Å². The summed E-state index contributed by atoms with van der Waals surface area (Å²) in [5, 5.41) is 18.7. The molecular weight excluding hydrogens is 302 g/mol. The molecule has 6 nitrogen and oxygen atoms in total. The molecule has 0 unspecified atom stereocenters. The molecule has 1 aromatic heterocycles. The number of aliphatic hydroxyl groups is 1. The minimum absolute atomic E-state index is 0.384. The summed E-state index contributed by atoms with van der Waals surface area (Å²) in [6.45, 7) is 4.20. The maximum Gasteiger partial charge on any atom is 0.276 e. The molecule has 2 N–H and O–H groups in total. The molecule has 3 rings (SSSR count). The van der Waals surface area contributed by atoms with E-state index >= 15 is 0 Å². The summed E-state index contributed by atoms with van der Waals surface area (Å²) in [6.07, 6.45) is -0.384. The maximum atomic E-state index is 10.1. The maximum absolute atomic E-state index is 10.1. The molecule has 0 amide bonds. The molecule has 1 saturated heterocycles. The van der Waals surface area contributed by atoms with E-state index in [9.17, 15) is 5.11 Å². The largest absolute Gasteiger partial charge is 0.411 e. The highest BCUT2D eigenvalue weighted by molar-refractivity contribution is 7.99. The van der Waals surface area contributed by atoms with Crippen molar-refractivity contribution < 1.29 is 19.2 Å². The van der Waals surface area contributed by atoms with Gasteiger partial charge in [0, 0.05) is 11.3 Å². The predicted molar refractivity (Wildman–Crippen MR) is 82.8 cm³/mol. The van der Waals surface area contributed by atoms with Crippen molar-refractivity contribution in [3.05, 3.63) is 30.3 Å². The Morgan fingerprint density at radius 3 is 2.73 bits per heavy atom. The van der Waals surface area contributed by atoms with Crippen molar-refractivity contribution in [2.75, 3.05) is 38.6 Å². The Morgan fingerprint density at radius 2 is 1.95 bits per heavy atom. The first-order valence-corrected chi connectivity index (χ1v) is 8.41. The quantitative estimate of drug-likeness (QED) is 0.735. The topological polar surface area (TPSA) is 72.8 Å². The number of hydrogen-bond acceptors (Lipinski definition) is 6. The summed E-state index contributed by atoms with van der Waals surface area (Å²) >= 11 is 1.40. The molecule has 1 aromatic carbocycles. The van der Waals surface area contributed by atoms with E-state index in [1.807, 2.05) is 30.3 Å². The van der Waals surface area contributed by atoms with Crippen molar-refractivity contribution in [2.24, 2.45) is 0 Å². The highest BCUT2D eigenvalue weighted by atomic mass is 32.2. The molecule has 0 aliphatic carbocycles. The highest BCUT2D eigenvalue weighted by Gasteiger charge is 2.19. The summed E-state index contributed by atoms with van der Waals surface area (Å²) in [5.41, 5.74) is 0.903. The lowest BCUT2D eigenvalue weighted by atomic mass is 10.2. The molecule has 1 aliphatic rings. The molecular formula is C15H20N3O3S+. The van der Waals surface area contributed by atoms with Crippen LogP contribution in [0.4, 0.5) is 0 Å². The Morgan fingerprint density at radius 1 is 1.18 bits per heavy atom. The third-order valence-corrected chi connectivity index (χ3v) is 4.51. The molecule has 2 heterocycles. The molecule has 118 valence electrons. The van der Waals surface area contributed by atoms with Gasteiger partial charge in [0.25, 0.3) is 5.22 Å². The number of quaternary nitrogens is 1. The van der Waals surface area contributed by atoms with Crippen LogP contribution in [-0.2, 0) is 4.74 Å². The van der Waals surface area contributed by atoms with Crippen LogP contribution in [0.5, 0.6) is 0 Å². The summed E-state index contributed by atoms with van der Waals surface area (Å²) < 4.78 is 10.9. The van der Waals surface area contributed by atoms with Crippen molar-refractivity contribution in [3.8, 4) is 11.5 Å². The summed E-state index contributed by atoms with van der Waals surface area (Å²) in [5.74, 6) is 1.07. The second kappa shape index (κ2) is 7.73. The normalized spacial score (nSPS) is 17.5. The molecule has 7 heteroatoms. The fourth-order valence-electron chi connectivity index (χ4n) is 2.39. The van der Waals surface area contributed by atoms with Gasteiger partial charge in [-0.15, -0.1) is 10.2 Å². The van der Waals surface area contributed by atoms with Crippen LogP contribution in [0, 0.1) is 0 Å². The number of hydrogen-bond donors (Lipinski definition) is 2. The molecule has 1 aliphatic heterocycles. The van der Waals surface area contributed by atoms with E-state index in [0.29, 0.717) is 16.9 Å². The third-order valence-electron chi connectivity index (χ3n) is 3.55. The van der Waals surface area contributed by atoms with Crippen molar-refractivity contribution in [2.45, 2.75) is 11.3 Å². The molecule has 22 heavy (non-hydrogen) atoms. The molecule has 0 bridgehead atoms. The smallest absolute Gasteiger partial charge is 0.276 e.